The summed E-state index contributed by atoms with van der Waals surface area (Å²) in [6.45, 7) is 0. The van der Waals surface area contributed by atoms with Gasteiger partial charge in [0.05, 0.1) is 22.4 Å². The number of hydrogen-bond donors (Lipinski definition) is 0. The van der Waals surface area contributed by atoms with Crippen molar-refractivity contribution in [3.63, 3.8) is 0 Å². The van der Waals surface area contributed by atoms with Crippen LogP contribution in [0.3, 0.4) is 0 Å². The second kappa shape index (κ2) is 13.4. The third-order valence-corrected chi connectivity index (χ3v) is 10.6. The Labute approximate surface area is 315 Å². The van der Waals surface area contributed by atoms with Gasteiger partial charge in [-0.1, -0.05) is 164 Å². The summed E-state index contributed by atoms with van der Waals surface area (Å²) in [5.74, 6) is 0. The largest absolute Gasteiger partial charge is 0.310 e. The van der Waals surface area contributed by atoms with Crippen LogP contribution in [0.5, 0.6) is 0 Å². The minimum absolute atomic E-state index is 1.09. The zero-order chi connectivity index (χ0) is 35.8. The lowest BCUT2D eigenvalue weighted by atomic mass is 9.98. The van der Waals surface area contributed by atoms with Crippen LogP contribution < -0.4 is 4.90 Å². The fraction of sp³-hybridized carbons (Fsp3) is 0. The molecule has 0 aliphatic rings. The van der Waals surface area contributed by atoms with Gasteiger partial charge in [-0.05, 0) is 87.6 Å². The van der Waals surface area contributed by atoms with Gasteiger partial charge in [-0.2, -0.15) is 0 Å². The molecular formula is C52H36N2. The van der Waals surface area contributed by atoms with Crippen molar-refractivity contribution in [3.8, 4) is 39.1 Å². The van der Waals surface area contributed by atoms with Gasteiger partial charge in [-0.15, -0.1) is 0 Å². The summed E-state index contributed by atoms with van der Waals surface area (Å²) in [6, 6.07) is 78.9. The van der Waals surface area contributed by atoms with Gasteiger partial charge in [0.15, 0.2) is 0 Å². The van der Waals surface area contributed by atoms with Crippen LogP contribution in [0.15, 0.2) is 218 Å². The summed E-state index contributed by atoms with van der Waals surface area (Å²) in [7, 11) is 0. The number of rotatable bonds is 7. The highest BCUT2D eigenvalue weighted by molar-refractivity contribution is 6.14. The van der Waals surface area contributed by atoms with Crippen LogP contribution in [0.4, 0.5) is 17.1 Å². The summed E-state index contributed by atoms with van der Waals surface area (Å²) >= 11 is 0. The molecule has 254 valence electrons. The lowest BCUT2D eigenvalue weighted by molar-refractivity contribution is 1.18. The Balaban J connectivity index is 1.17. The molecule has 0 saturated heterocycles. The van der Waals surface area contributed by atoms with Crippen LogP contribution in [0.1, 0.15) is 0 Å². The van der Waals surface area contributed by atoms with Crippen LogP contribution >= 0.6 is 0 Å². The lowest BCUT2D eigenvalue weighted by Gasteiger charge is -2.29. The smallest absolute Gasteiger partial charge is 0.0547 e. The number of hydrogen-bond acceptors (Lipinski definition) is 1. The fourth-order valence-corrected chi connectivity index (χ4v) is 8.00. The van der Waals surface area contributed by atoms with Crippen molar-refractivity contribution in [1.29, 1.82) is 0 Å². The zero-order valence-corrected chi connectivity index (χ0v) is 29.7. The van der Waals surface area contributed by atoms with Crippen LogP contribution in [0.2, 0.25) is 0 Å². The lowest BCUT2D eigenvalue weighted by Crippen LogP contribution is -2.11. The summed E-state index contributed by atoms with van der Waals surface area (Å²) < 4.78 is 2.46. The van der Waals surface area contributed by atoms with E-state index in [4.69, 9.17) is 0 Å². The van der Waals surface area contributed by atoms with E-state index in [1.165, 1.54) is 54.8 Å². The standard InChI is InChI=1S/C52H36N2/c1-3-15-37(16-4-1)39-27-31-43(32-28-39)53(44-33-29-40(30-34-44)38-17-5-2-6-18-38)49-24-12-9-21-45(49)46-22-10-13-25-50(46)54-51-26-14-11-23-47(51)48-35-41-19-7-8-20-42(41)36-52(48)54/h1-36H. The molecule has 2 heteroatoms. The van der Waals surface area contributed by atoms with Gasteiger partial charge in [-0.3, -0.25) is 0 Å². The Morgan fingerprint density at radius 3 is 1.44 bits per heavy atom. The zero-order valence-electron chi connectivity index (χ0n) is 29.7. The predicted octanol–water partition coefficient (Wildman–Crippen LogP) is 14.4. The Morgan fingerprint density at radius 1 is 0.315 bits per heavy atom. The molecule has 0 amide bonds. The van der Waals surface area contributed by atoms with E-state index < -0.39 is 0 Å². The summed E-state index contributed by atoms with van der Waals surface area (Å²) in [4.78, 5) is 2.40. The molecule has 0 radical (unpaired) electrons. The van der Waals surface area contributed by atoms with E-state index in [1.807, 2.05) is 0 Å². The highest BCUT2D eigenvalue weighted by Gasteiger charge is 2.21. The van der Waals surface area contributed by atoms with E-state index >= 15 is 0 Å². The molecule has 0 N–H and O–H groups in total. The number of anilines is 3. The molecule has 0 saturated carbocycles. The Morgan fingerprint density at radius 2 is 0.796 bits per heavy atom. The van der Waals surface area contributed by atoms with Crippen molar-refractivity contribution in [2.45, 2.75) is 0 Å². The van der Waals surface area contributed by atoms with Gasteiger partial charge in [-0.25, -0.2) is 0 Å². The second-order valence-electron chi connectivity index (χ2n) is 13.8. The number of nitrogens with zero attached hydrogens (tertiary/aromatic N) is 2. The molecule has 0 unspecified atom stereocenters. The topological polar surface area (TPSA) is 8.17 Å². The summed E-state index contributed by atoms with van der Waals surface area (Å²) in [5.41, 5.74) is 13.9. The minimum atomic E-state index is 1.09. The van der Waals surface area contributed by atoms with Crippen molar-refractivity contribution in [1.82, 2.24) is 4.57 Å². The number of para-hydroxylation sites is 3. The highest BCUT2D eigenvalue weighted by Crippen LogP contribution is 2.45. The molecule has 0 aliphatic carbocycles. The first kappa shape index (κ1) is 31.6. The molecule has 0 bridgehead atoms. The van der Waals surface area contributed by atoms with Gasteiger partial charge < -0.3 is 9.47 Å². The minimum Gasteiger partial charge on any atom is -0.310 e. The molecule has 0 atom stereocenters. The van der Waals surface area contributed by atoms with E-state index in [0.29, 0.717) is 0 Å². The third kappa shape index (κ3) is 5.53. The van der Waals surface area contributed by atoms with Crippen molar-refractivity contribution >= 4 is 49.6 Å². The highest BCUT2D eigenvalue weighted by atomic mass is 15.1. The van der Waals surface area contributed by atoms with Crippen LogP contribution in [0.25, 0.3) is 71.6 Å². The third-order valence-electron chi connectivity index (χ3n) is 10.6. The molecule has 10 aromatic rings. The van der Waals surface area contributed by atoms with Crippen LogP contribution in [-0.4, -0.2) is 4.57 Å². The van der Waals surface area contributed by atoms with Crippen molar-refractivity contribution in [2.75, 3.05) is 4.90 Å². The monoisotopic (exact) mass is 688 g/mol. The summed E-state index contributed by atoms with van der Waals surface area (Å²) in [5, 5.41) is 4.99. The van der Waals surface area contributed by atoms with Gasteiger partial charge in [0.2, 0.25) is 0 Å². The van der Waals surface area contributed by atoms with Gasteiger partial charge in [0, 0.05) is 33.3 Å². The first-order valence-corrected chi connectivity index (χ1v) is 18.5. The number of benzene rings is 9. The predicted molar refractivity (Wildman–Crippen MR) is 229 cm³/mol. The Hall–Kier alpha value is -7.16. The molecular weight excluding hydrogens is 653 g/mol. The van der Waals surface area contributed by atoms with Crippen molar-refractivity contribution < 1.29 is 0 Å². The van der Waals surface area contributed by atoms with Crippen molar-refractivity contribution in [2.24, 2.45) is 0 Å². The van der Waals surface area contributed by atoms with E-state index in [9.17, 15) is 0 Å². The molecule has 9 aromatic carbocycles. The van der Waals surface area contributed by atoms with Gasteiger partial charge in [0.25, 0.3) is 0 Å². The molecule has 54 heavy (non-hydrogen) atoms. The maximum absolute atomic E-state index is 2.46. The van der Waals surface area contributed by atoms with E-state index in [-0.39, 0.29) is 0 Å². The van der Waals surface area contributed by atoms with E-state index in [1.54, 1.807) is 0 Å². The van der Waals surface area contributed by atoms with Crippen molar-refractivity contribution in [3.05, 3.63) is 218 Å². The summed E-state index contributed by atoms with van der Waals surface area (Å²) in [6.07, 6.45) is 0. The second-order valence-corrected chi connectivity index (χ2v) is 13.8. The van der Waals surface area contributed by atoms with Crippen LogP contribution in [-0.2, 0) is 0 Å². The average Bonchev–Trinajstić information content (AvgIpc) is 3.57. The van der Waals surface area contributed by atoms with E-state index in [2.05, 4.69) is 228 Å². The molecule has 2 nitrogen and oxygen atoms in total. The fourth-order valence-electron chi connectivity index (χ4n) is 8.00. The average molecular weight is 689 g/mol. The first-order chi connectivity index (χ1) is 26.8. The Bertz CT molecular complexity index is 2820. The Kier molecular flexibility index (Phi) is 7.85. The maximum Gasteiger partial charge on any atom is 0.0547 e. The molecule has 0 spiro atoms. The number of fused-ring (bicyclic) bond motifs is 4. The molecule has 0 fully saturated rings. The van der Waals surface area contributed by atoms with E-state index in [0.717, 1.165) is 33.9 Å². The van der Waals surface area contributed by atoms with Gasteiger partial charge in [0.1, 0.15) is 0 Å². The SMILES string of the molecule is c1ccc(-c2ccc(N(c3ccc(-c4ccccc4)cc3)c3ccccc3-c3ccccc3-n3c4ccccc4c4cc5ccccc5cc43)cc2)cc1. The first-order valence-electron chi connectivity index (χ1n) is 18.5. The maximum atomic E-state index is 2.46. The quantitative estimate of drug-likeness (QED) is 0.162. The number of aromatic nitrogens is 1. The normalized spacial score (nSPS) is 11.3. The van der Waals surface area contributed by atoms with Gasteiger partial charge >= 0.3 is 0 Å². The molecule has 10 rings (SSSR count). The van der Waals surface area contributed by atoms with Crippen LogP contribution in [0, 0.1) is 0 Å². The molecule has 0 aliphatic heterocycles. The molecule has 1 heterocycles. The molecule has 1 aromatic heterocycles.